The van der Waals surface area contributed by atoms with E-state index >= 15 is 0 Å². The second-order valence-electron chi connectivity index (χ2n) is 8.57. The van der Waals surface area contributed by atoms with Crippen molar-refractivity contribution in [3.8, 4) is 16.9 Å². The summed E-state index contributed by atoms with van der Waals surface area (Å²) in [5.41, 5.74) is 8.83. The van der Waals surface area contributed by atoms with Crippen LogP contribution in [-0.2, 0) is 4.79 Å². The number of piperidine rings is 1. The smallest absolute Gasteiger partial charge is 0.253 e. The highest BCUT2D eigenvalue weighted by atomic mass is 35.5. The molecule has 3 N–H and O–H groups in total. The van der Waals surface area contributed by atoms with Gasteiger partial charge in [0.2, 0.25) is 5.91 Å². The first-order chi connectivity index (χ1) is 17.5. The van der Waals surface area contributed by atoms with Crippen molar-refractivity contribution in [2.45, 2.75) is 19.3 Å². The maximum Gasteiger partial charge on any atom is 0.253 e. The quantitative estimate of drug-likeness (QED) is 0.338. The van der Waals surface area contributed by atoms with Crippen LogP contribution < -0.4 is 15.8 Å². The molecule has 2 amide bonds. The number of pyridine rings is 1. The molecule has 1 saturated heterocycles. The number of ether oxygens (including phenoxy) is 1. The van der Waals surface area contributed by atoms with Crippen molar-refractivity contribution in [2.24, 2.45) is 0 Å². The number of rotatable bonds is 8. The lowest BCUT2D eigenvalue weighted by Crippen LogP contribution is -2.35. The van der Waals surface area contributed by atoms with E-state index in [4.69, 9.17) is 22.1 Å². The Morgan fingerprint density at radius 1 is 1.06 bits per heavy atom. The monoisotopic (exact) mass is 504 g/mol. The van der Waals surface area contributed by atoms with Gasteiger partial charge in [-0.2, -0.15) is 0 Å². The molecule has 0 aliphatic carbocycles. The summed E-state index contributed by atoms with van der Waals surface area (Å²) in [6.07, 6.45) is 7.99. The van der Waals surface area contributed by atoms with Crippen LogP contribution in [0.15, 0.2) is 66.9 Å². The molecule has 3 aromatic rings. The Kier molecular flexibility index (Phi) is 8.57. The van der Waals surface area contributed by atoms with Gasteiger partial charge in [-0.15, -0.1) is 0 Å². The SMILES string of the molecule is Nc1ccc(/C=C/C(=O)NCCOc2ccc(-c3cccc(C(=O)N4CCCCC4)c3)cc2Cl)cn1. The number of nitrogen functional groups attached to an aromatic ring is 1. The van der Waals surface area contributed by atoms with Crippen molar-refractivity contribution in [1.82, 2.24) is 15.2 Å². The number of anilines is 1. The molecule has 0 unspecified atom stereocenters. The van der Waals surface area contributed by atoms with E-state index in [1.165, 1.54) is 12.5 Å². The molecular weight excluding hydrogens is 476 g/mol. The number of carbonyl (C=O) groups excluding carboxylic acids is 2. The van der Waals surface area contributed by atoms with E-state index < -0.39 is 0 Å². The number of carbonyl (C=O) groups is 2. The molecule has 186 valence electrons. The predicted octanol–water partition coefficient (Wildman–Crippen LogP) is 4.82. The third-order valence-corrected chi connectivity index (χ3v) is 6.21. The van der Waals surface area contributed by atoms with Gasteiger partial charge in [0, 0.05) is 30.9 Å². The van der Waals surface area contributed by atoms with Crippen molar-refractivity contribution in [2.75, 3.05) is 32.0 Å². The van der Waals surface area contributed by atoms with Crippen LogP contribution >= 0.6 is 11.6 Å². The normalized spacial score (nSPS) is 13.5. The molecule has 0 spiro atoms. The zero-order valence-electron chi connectivity index (χ0n) is 20.0. The highest BCUT2D eigenvalue weighted by molar-refractivity contribution is 6.32. The molecule has 0 atom stereocenters. The van der Waals surface area contributed by atoms with E-state index in [1.54, 1.807) is 30.5 Å². The first-order valence-electron chi connectivity index (χ1n) is 12.0. The average Bonchev–Trinajstić information content (AvgIpc) is 2.91. The van der Waals surface area contributed by atoms with Crippen LogP contribution in [0.1, 0.15) is 35.2 Å². The molecule has 1 aliphatic rings. The zero-order chi connectivity index (χ0) is 25.3. The standard InChI is InChI=1S/C28H29ClN4O3/c29-24-18-22(21-5-4-6-23(17-21)28(35)33-14-2-1-3-15-33)9-10-25(24)36-16-13-31-27(34)12-8-20-7-11-26(30)32-19-20/h4-12,17-19H,1-3,13-16H2,(H2,30,32)(H,31,34)/b12-8+. The van der Waals surface area contributed by atoms with E-state index in [9.17, 15) is 9.59 Å². The topological polar surface area (TPSA) is 97.6 Å². The van der Waals surface area contributed by atoms with E-state index in [-0.39, 0.29) is 18.4 Å². The fourth-order valence-electron chi connectivity index (χ4n) is 3.99. The van der Waals surface area contributed by atoms with Crippen LogP contribution in [0.5, 0.6) is 5.75 Å². The Hall–Kier alpha value is -3.84. The van der Waals surface area contributed by atoms with Crippen LogP contribution in [0.4, 0.5) is 5.82 Å². The van der Waals surface area contributed by atoms with Crippen LogP contribution in [0.25, 0.3) is 17.2 Å². The second kappa shape index (κ2) is 12.2. The number of halogens is 1. The molecule has 0 radical (unpaired) electrons. The first-order valence-corrected chi connectivity index (χ1v) is 12.4. The van der Waals surface area contributed by atoms with Crippen molar-refractivity contribution in [1.29, 1.82) is 0 Å². The van der Waals surface area contributed by atoms with Crippen molar-refractivity contribution in [3.63, 3.8) is 0 Å². The lowest BCUT2D eigenvalue weighted by Gasteiger charge is -2.26. The minimum Gasteiger partial charge on any atom is -0.490 e. The van der Waals surface area contributed by atoms with Crippen molar-refractivity contribution < 1.29 is 14.3 Å². The molecule has 2 aromatic carbocycles. The molecule has 1 aliphatic heterocycles. The Morgan fingerprint density at radius 2 is 1.86 bits per heavy atom. The zero-order valence-corrected chi connectivity index (χ0v) is 20.7. The van der Waals surface area contributed by atoms with Gasteiger partial charge in [-0.1, -0.05) is 29.8 Å². The van der Waals surface area contributed by atoms with Crippen molar-refractivity contribution in [3.05, 3.63) is 83.0 Å². The van der Waals surface area contributed by atoms with Gasteiger partial charge in [0.25, 0.3) is 5.91 Å². The number of hydrogen-bond donors (Lipinski definition) is 2. The fraction of sp³-hybridized carbons (Fsp3) is 0.250. The lowest BCUT2D eigenvalue weighted by molar-refractivity contribution is -0.116. The fourth-order valence-corrected chi connectivity index (χ4v) is 4.23. The molecular formula is C28H29ClN4O3. The summed E-state index contributed by atoms with van der Waals surface area (Å²) in [6.45, 7) is 2.22. The minimum atomic E-state index is -0.240. The summed E-state index contributed by atoms with van der Waals surface area (Å²) < 4.78 is 5.74. The Labute approximate surface area is 215 Å². The summed E-state index contributed by atoms with van der Waals surface area (Å²) in [4.78, 5) is 30.8. The highest BCUT2D eigenvalue weighted by Crippen LogP contribution is 2.31. The Bertz CT molecular complexity index is 1240. The third-order valence-electron chi connectivity index (χ3n) is 5.91. The molecule has 1 fully saturated rings. The Balaban J connectivity index is 1.29. The number of benzene rings is 2. The summed E-state index contributed by atoms with van der Waals surface area (Å²) in [6, 6.07) is 16.6. The molecule has 0 saturated carbocycles. The molecule has 4 rings (SSSR count). The molecule has 36 heavy (non-hydrogen) atoms. The number of likely N-dealkylation sites (tertiary alicyclic amines) is 1. The number of aromatic nitrogens is 1. The minimum absolute atomic E-state index is 0.0737. The van der Waals surface area contributed by atoms with E-state index in [2.05, 4.69) is 10.3 Å². The predicted molar refractivity (Wildman–Crippen MR) is 143 cm³/mol. The summed E-state index contributed by atoms with van der Waals surface area (Å²) >= 11 is 6.46. The van der Waals surface area contributed by atoms with Gasteiger partial charge >= 0.3 is 0 Å². The van der Waals surface area contributed by atoms with Crippen LogP contribution in [0, 0.1) is 0 Å². The third kappa shape index (κ3) is 6.86. The number of nitrogens with zero attached hydrogens (tertiary/aromatic N) is 2. The average molecular weight is 505 g/mol. The summed E-state index contributed by atoms with van der Waals surface area (Å²) in [5, 5.41) is 3.22. The molecule has 2 heterocycles. The van der Waals surface area contributed by atoms with Crippen LogP contribution in [-0.4, -0.2) is 47.9 Å². The molecule has 0 bridgehead atoms. The van der Waals surface area contributed by atoms with E-state index in [0.29, 0.717) is 28.7 Å². The van der Waals surface area contributed by atoms with Gasteiger partial charge in [-0.05, 0) is 78.4 Å². The maximum absolute atomic E-state index is 12.9. The van der Waals surface area contributed by atoms with E-state index in [0.717, 1.165) is 42.6 Å². The van der Waals surface area contributed by atoms with Gasteiger partial charge in [-0.3, -0.25) is 9.59 Å². The maximum atomic E-state index is 12.9. The largest absolute Gasteiger partial charge is 0.490 e. The lowest BCUT2D eigenvalue weighted by atomic mass is 10.0. The molecule has 1 aromatic heterocycles. The van der Waals surface area contributed by atoms with Crippen molar-refractivity contribution >= 4 is 35.3 Å². The van der Waals surface area contributed by atoms with Gasteiger partial charge < -0.3 is 20.7 Å². The summed E-state index contributed by atoms with van der Waals surface area (Å²) in [5.74, 6) is 0.788. The van der Waals surface area contributed by atoms with Crippen LogP contribution in [0.2, 0.25) is 5.02 Å². The van der Waals surface area contributed by atoms with Gasteiger partial charge in [0.15, 0.2) is 0 Å². The van der Waals surface area contributed by atoms with Gasteiger partial charge in [0.05, 0.1) is 11.6 Å². The Morgan fingerprint density at radius 3 is 2.61 bits per heavy atom. The molecule has 8 heteroatoms. The van der Waals surface area contributed by atoms with Gasteiger partial charge in [-0.25, -0.2) is 4.98 Å². The number of hydrogen-bond acceptors (Lipinski definition) is 5. The second-order valence-corrected chi connectivity index (χ2v) is 8.98. The highest BCUT2D eigenvalue weighted by Gasteiger charge is 2.18. The number of nitrogens with two attached hydrogens (primary N) is 1. The number of amides is 2. The first kappa shape index (κ1) is 25.3. The van der Waals surface area contributed by atoms with E-state index in [1.807, 2.05) is 41.3 Å². The van der Waals surface area contributed by atoms with Crippen LogP contribution in [0.3, 0.4) is 0 Å². The molecule has 7 nitrogen and oxygen atoms in total. The summed E-state index contributed by atoms with van der Waals surface area (Å²) in [7, 11) is 0. The number of nitrogens with one attached hydrogen (secondary N) is 1. The van der Waals surface area contributed by atoms with Gasteiger partial charge in [0.1, 0.15) is 18.2 Å².